The highest BCUT2D eigenvalue weighted by molar-refractivity contribution is 7.91. The predicted molar refractivity (Wildman–Crippen MR) is 236 cm³/mol. The number of carbonyl (C=O) groups is 2. The van der Waals surface area contributed by atoms with Gasteiger partial charge in [-0.3, -0.25) is 9.59 Å². The standard InChI is InChI=1S/C47H75NO12S2/c1-11-32(44(51)52)35-17-16-26(4)41(57-35)30(8)39(49)29(7)40(50)33(12-2)42-27(5)25-28(6)47(59-42)23-18-34(48-62(54,55)38-15-14-24-61-38)43(60-47)36-19-21-45(10,58-36)37-20-22-46(53,13-3)31(9)56-37/h14-15,18,23-24,26-37,39,41-43,48-49,53H,11-13,16-17,19-22,25H2,1-10H3,(H,51,52)/t26-,27-,28+,29-,30-,31-,32+,33-,34+,35+,36?,37+,39+,41+,42-,43?,45-,46+,47-/m0/s1. The Hall–Kier alpha value is -1.79. The van der Waals surface area contributed by atoms with Crippen LogP contribution in [0.2, 0.25) is 0 Å². The Balaban J connectivity index is 1.23. The van der Waals surface area contributed by atoms with E-state index in [0.29, 0.717) is 57.8 Å². The minimum atomic E-state index is -3.92. The topological polar surface area (TPSA) is 187 Å². The number of sulfonamides is 1. The van der Waals surface area contributed by atoms with Crippen LogP contribution < -0.4 is 4.72 Å². The fourth-order valence-corrected chi connectivity index (χ4v) is 13.7. The second-order valence-corrected chi connectivity index (χ2v) is 22.7. The smallest absolute Gasteiger partial charge is 0.309 e. The van der Waals surface area contributed by atoms with Crippen molar-refractivity contribution in [3.63, 3.8) is 0 Å². The molecule has 0 amide bonds. The summed E-state index contributed by atoms with van der Waals surface area (Å²) in [7, 11) is -3.92. The molecular weight excluding hydrogens is 835 g/mol. The summed E-state index contributed by atoms with van der Waals surface area (Å²) in [6, 6.07) is 2.47. The van der Waals surface area contributed by atoms with Crippen molar-refractivity contribution in [2.24, 2.45) is 41.4 Å². The van der Waals surface area contributed by atoms with Crippen LogP contribution in [0.1, 0.15) is 133 Å². The highest BCUT2D eigenvalue weighted by atomic mass is 32.2. The molecule has 0 radical (unpaired) electrons. The molecule has 0 aliphatic carbocycles. The number of rotatable bonds is 16. The summed E-state index contributed by atoms with van der Waals surface area (Å²) in [5, 5.41) is 34.6. The summed E-state index contributed by atoms with van der Waals surface area (Å²) in [5.41, 5.74) is -1.61. The Morgan fingerprint density at radius 2 is 1.65 bits per heavy atom. The molecule has 1 aromatic heterocycles. The van der Waals surface area contributed by atoms with E-state index in [2.05, 4.69) is 25.5 Å². The number of aliphatic hydroxyl groups is 2. The van der Waals surface area contributed by atoms with Crippen molar-refractivity contribution >= 4 is 33.1 Å². The van der Waals surface area contributed by atoms with Crippen LogP contribution in [-0.2, 0) is 43.3 Å². The van der Waals surface area contributed by atoms with Gasteiger partial charge in [0.1, 0.15) is 16.1 Å². The maximum Gasteiger partial charge on any atom is 0.309 e. The van der Waals surface area contributed by atoms with Crippen molar-refractivity contribution in [3.05, 3.63) is 29.7 Å². The molecule has 1 spiro atoms. The van der Waals surface area contributed by atoms with Gasteiger partial charge in [-0.1, -0.05) is 67.5 Å². The van der Waals surface area contributed by atoms with Crippen LogP contribution in [0.3, 0.4) is 0 Å². The third kappa shape index (κ3) is 9.83. The fourth-order valence-electron chi connectivity index (χ4n) is 11.4. The van der Waals surface area contributed by atoms with Crippen molar-refractivity contribution in [1.82, 2.24) is 4.72 Å². The average molecular weight is 910 g/mol. The first-order chi connectivity index (χ1) is 29.1. The molecule has 19 atom stereocenters. The van der Waals surface area contributed by atoms with Gasteiger partial charge in [0.2, 0.25) is 0 Å². The predicted octanol–water partition coefficient (Wildman–Crippen LogP) is 7.28. The van der Waals surface area contributed by atoms with E-state index in [1.807, 2.05) is 53.7 Å². The number of aliphatic hydroxyl groups excluding tert-OH is 1. The van der Waals surface area contributed by atoms with E-state index >= 15 is 0 Å². The van der Waals surface area contributed by atoms with E-state index in [1.54, 1.807) is 24.4 Å². The van der Waals surface area contributed by atoms with E-state index in [9.17, 15) is 33.3 Å². The molecule has 5 aliphatic heterocycles. The number of carboxylic acid groups (broad SMARTS) is 1. The number of carbonyl (C=O) groups excluding carboxylic acids is 1. The third-order valence-electron chi connectivity index (χ3n) is 15.7. The molecule has 0 aromatic carbocycles. The quantitative estimate of drug-likeness (QED) is 0.122. The molecule has 4 fully saturated rings. The maximum absolute atomic E-state index is 14.6. The maximum atomic E-state index is 14.6. The Labute approximate surface area is 374 Å². The summed E-state index contributed by atoms with van der Waals surface area (Å²) in [5.74, 6) is -4.83. The van der Waals surface area contributed by atoms with Gasteiger partial charge in [0, 0.05) is 23.7 Å². The highest BCUT2D eigenvalue weighted by Crippen LogP contribution is 2.49. The number of hydrogen-bond donors (Lipinski definition) is 4. The molecule has 62 heavy (non-hydrogen) atoms. The molecule has 1 aromatic rings. The van der Waals surface area contributed by atoms with Gasteiger partial charge in [0.15, 0.2) is 5.79 Å². The minimum absolute atomic E-state index is 0.0422. The zero-order valence-electron chi connectivity index (χ0n) is 38.5. The molecule has 6 heterocycles. The highest BCUT2D eigenvalue weighted by Gasteiger charge is 2.57. The van der Waals surface area contributed by atoms with E-state index in [1.165, 1.54) is 0 Å². The summed E-state index contributed by atoms with van der Waals surface area (Å²) < 4.78 is 64.6. The number of aliphatic carboxylic acids is 1. The fraction of sp³-hybridized carbons (Fsp3) is 0.830. The minimum Gasteiger partial charge on any atom is -0.481 e. The number of nitrogens with one attached hydrogen (secondary N) is 1. The molecule has 2 unspecified atom stereocenters. The molecule has 13 nitrogen and oxygen atoms in total. The van der Waals surface area contributed by atoms with Crippen molar-refractivity contribution in [1.29, 1.82) is 0 Å². The summed E-state index contributed by atoms with van der Waals surface area (Å²) in [6.45, 7) is 19.5. The number of carboxylic acids is 1. The van der Waals surface area contributed by atoms with Gasteiger partial charge in [-0.05, 0) is 107 Å². The van der Waals surface area contributed by atoms with Gasteiger partial charge in [-0.25, -0.2) is 13.1 Å². The van der Waals surface area contributed by atoms with E-state index in [-0.39, 0.29) is 40.0 Å². The average Bonchev–Trinajstić information content (AvgIpc) is 3.93. The van der Waals surface area contributed by atoms with Crippen LogP contribution in [0, 0.1) is 41.4 Å². The monoisotopic (exact) mass is 909 g/mol. The number of ether oxygens (including phenoxy) is 5. The second kappa shape index (κ2) is 19.6. The molecule has 5 aliphatic rings. The first kappa shape index (κ1) is 49.6. The zero-order valence-corrected chi connectivity index (χ0v) is 40.2. The molecular formula is C47H75NO12S2. The summed E-state index contributed by atoms with van der Waals surface area (Å²) in [4.78, 5) is 26.7. The van der Waals surface area contributed by atoms with Crippen LogP contribution in [-0.4, -0.2) is 107 Å². The largest absolute Gasteiger partial charge is 0.481 e. The lowest BCUT2D eigenvalue weighted by atomic mass is 9.72. The number of thiophene rings is 1. The van der Waals surface area contributed by atoms with Gasteiger partial charge in [0.05, 0.1) is 65.9 Å². The Morgan fingerprint density at radius 3 is 2.26 bits per heavy atom. The third-order valence-corrected chi connectivity index (χ3v) is 18.6. The van der Waals surface area contributed by atoms with Crippen LogP contribution in [0.4, 0.5) is 0 Å². The Morgan fingerprint density at radius 1 is 0.935 bits per heavy atom. The van der Waals surface area contributed by atoms with E-state index in [4.69, 9.17) is 23.7 Å². The van der Waals surface area contributed by atoms with Crippen molar-refractivity contribution in [2.75, 3.05) is 0 Å². The van der Waals surface area contributed by atoms with Crippen molar-refractivity contribution < 1.29 is 57.0 Å². The molecule has 4 N–H and O–H groups in total. The number of Topliss-reactive ketones (excluding diaryl/α,β-unsaturated/α-hetero) is 1. The Bertz CT molecular complexity index is 1830. The van der Waals surface area contributed by atoms with Crippen LogP contribution in [0.15, 0.2) is 33.9 Å². The molecule has 6 rings (SSSR count). The van der Waals surface area contributed by atoms with Gasteiger partial charge in [-0.2, -0.15) is 0 Å². The van der Waals surface area contributed by atoms with Crippen molar-refractivity contribution in [2.45, 2.75) is 210 Å². The van der Waals surface area contributed by atoms with Gasteiger partial charge < -0.3 is 39.0 Å². The van der Waals surface area contributed by atoms with Gasteiger partial charge >= 0.3 is 5.97 Å². The molecule has 352 valence electrons. The lowest BCUT2D eigenvalue weighted by Gasteiger charge is -2.52. The number of hydrogen-bond acceptors (Lipinski definition) is 12. The first-order valence-corrected chi connectivity index (χ1v) is 25.8. The van der Waals surface area contributed by atoms with Gasteiger partial charge in [-0.15, -0.1) is 11.3 Å². The molecule has 0 bridgehead atoms. The Kier molecular flexibility index (Phi) is 15.7. The van der Waals surface area contributed by atoms with Crippen LogP contribution in [0.25, 0.3) is 0 Å². The SMILES string of the molecule is CC[C@@H](C(=O)[C@@H](C)[C@@H](O)[C@H](C)[C@@H]1O[C@@H]([C@@H](CC)C(=O)O)CC[C@@H]1C)[C@H]1O[C@]2(C=C[C@@H](NS(=O)(=O)c3cccs3)C(C3CC[C@@](C)([C@H]4CC[C@](O)(CC)[C@H](C)O4)O3)O2)[C@H](C)C[C@@H]1C. The normalized spacial score (nSPS) is 41.6. The molecule has 0 saturated carbocycles. The van der Waals surface area contributed by atoms with Crippen molar-refractivity contribution in [3.8, 4) is 0 Å². The second-order valence-electron chi connectivity index (χ2n) is 19.8. The summed E-state index contributed by atoms with van der Waals surface area (Å²) in [6.07, 6.45) is 5.19. The number of ketones is 1. The van der Waals surface area contributed by atoms with E-state index < -0.39 is 99.3 Å². The lowest BCUT2D eigenvalue weighted by molar-refractivity contribution is -0.327. The molecule has 4 saturated heterocycles. The lowest BCUT2D eigenvalue weighted by Crippen LogP contribution is -2.62. The van der Waals surface area contributed by atoms with Gasteiger partial charge in [0.25, 0.3) is 10.0 Å². The van der Waals surface area contributed by atoms with Crippen LogP contribution >= 0.6 is 11.3 Å². The first-order valence-electron chi connectivity index (χ1n) is 23.4. The van der Waals surface area contributed by atoms with Crippen LogP contribution in [0.5, 0.6) is 0 Å². The summed E-state index contributed by atoms with van der Waals surface area (Å²) >= 11 is 1.13. The van der Waals surface area contributed by atoms with E-state index in [0.717, 1.165) is 17.8 Å². The molecule has 15 heteroatoms. The zero-order chi connectivity index (χ0) is 45.5.